The van der Waals surface area contributed by atoms with Crippen molar-refractivity contribution in [1.29, 1.82) is 0 Å². The van der Waals surface area contributed by atoms with Crippen LogP contribution in [0.5, 0.6) is 0 Å². The quantitative estimate of drug-likeness (QED) is 0.753. The number of rotatable bonds is 5. The van der Waals surface area contributed by atoms with Crippen LogP contribution in [0.2, 0.25) is 0 Å². The molecule has 0 aromatic rings. The second kappa shape index (κ2) is 5.41. The van der Waals surface area contributed by atoms with Gasteiger partial charge in [0.1, 0.15) is 0 Å². The Bertz CT molecular complexity index is 162. The predicted octanol–water partition coefficient (Wildman–Crippen LogP) is 3.05. The molecule has 2 unspecified atom stereocenters. The van der Waals surface area contributed by atoms with Crippen molar-refractivity contribution < 1.29 is 0 Å². The summed E-state index contributed by atoms with van der Waals surface area (Å²) in [7, 11) is 2.15. The zero-order valence-corrected chi connectivity index (χ0v) is 10.1. The van der Waals surface area contributed by atoms with E-state index in [0.717, 1.165) is 17.2 Å². The van der Waals surface area contributed by atoms with E-state index in [0.29, 0.717) is 0 Å². The fourth-order valence-corrected chi connectivity index (χ4v) is 3.93. The lowest BCUT2D eigenvalue weighted by Gasteiger charge is -2.29. The molecular weight excluding hydrogens is 190 g/mol. The highest BCUT2D eigenvalue weighted by atomic mass is 32.2. The molecule has 2 atom stereocenters. The first kappa shape index (κ1) is 10.8. The lowest BCUT2D eigenvalue weighted by atomic mass is 10.0. The lowest BCUT2D eigenvalue weighted by Crippen LogP contribution is -2.37. The Kier molecular flexibility index (Phi) is 4.18. The van der Waals surface area contributed by atoms with Gasteiger partial charge in [-0.2, -0.15) is 11.8 Å². The Morgan fingerprint density at radius 3 is 2.71 bits per heavy atom. The molecule has 2 aliphatic rings. The highest BCUT2D eigenvalue weighted by molar-refractivity contribution is 8.00. The van der Waals surface area contributed by atoms with E-state index < -0.39 is 0 Å². The molecule has 82 valence electrons. The molecule has 2 fully saturated rings. The summed E-state index contributed by atoms with van der Waals surface area (Å²) < 4.78 is 0. The molecule has 1 aliphatic heterocycles. The van der Waals surface area contributed by atoms with Crippen molar-refractivity contribution in [3.05, 3.63) is 0 Å². The van der Waals surface area contributed by atoms with Crippen LogP contribution in [0.4, 0.5) is 0 Å². The summed E-state index contributed by atoms with van der Waals surface area (Å²) in [5.74, 6) is 2.49. The van der Waals surface area contributed by atoms with Gasteiger partial charge in [-0.1, -0.05) is 19.3 Å². The van der Waals surface area contributed by atoms with Gasteiger partial charge in [0.2, 0.25) is 0 Å². The van der Waals surface area contributed by atoms with E-state index >= 15 is 0 Å². The summed E-state index contributed by atoms with van der Waals surface area (Å²) in [5, 5.41) is 4.44. The standard InChI is InChI=1S/C12H23NS/c1-13-11(8-7-10-5-6-10)12-4-2-3-9-14-12/h10-13H,2-9H2,1H3. The monoisotopic (exact) mass is 213 g/mol. The normalized spacial score (nSPS) is 30.2. The van der Waals surface area contributed by atoms with Gasteiger partial charge in [0, 0.05) is 11.3 Å². The maximum atomic E-state index is 3.53. The van der Waals surface area contributed by atoms with Crippen molar-refractivity contribution in [3.63, 3.8) is 0 Å². The lowest BCUT2D eigenvalue weighted by molar-refractivity contribution is 0.447. The Hall–Kier alpha value is 0.310. The van der Waals surface area contributed by atoms with Crippen LogP contribution >= 0.6 is 11.8 Å². The maximum absolute atomic E-state index is 3.53. The molecule has 2 heteroatoms. The largest absolute Gasteiger partial charge is 0.316 e. The molecule has 0 aromatic heterocycles. The van der Waals surface area contributed by atoms with Gasteiger partial charge in [-0.15, -0.1) is 0 Å². The van der Waals surface area contributed by atoms with Crippen LogP contribution in [0.15, 0.2) is 0 Å². The van der Waals surface area contributed by atoms with Gasteiger partial charge in [0.25, 0.3) is 0 Å². The van der Waals surface area contributed by atoms with Crippen molar-refractivity contribution in [2.75, 3.05) is 12.8 Å². The third kappa shape index (κ3) is 3.16. The minimum atomic E-state index is 0.792. The number of thioether (sulfide) groups is 1. The molecule has 1 N–H and O–H groups in total. The van der Waals surface area contributed by atoms with Crippen LogP contribution < -0.4 is 5.32 Å². The van der Waals surface area contributed by atoms with Crippen LogP contribution in [0.3, 0.4) is 0 Å². The number of hydrogen-bond donors (Lipinski definition) is 1. The summed E-state index contributed by atoms with van der Waals surface area (Å²) in [4.78, 5) is 0. The van der Waals surface area contributed by atoms with Crippen molar-refractivity contribution in [1.82, 2.24) is 5.32 Å². The molecule has 0 spiro atoms. The van der Waals surface area contributed by atoms with Gasteiger partial charge >= 0.3 is 0 Å². The highest BCUT2D eigenvalue weighted by Crippen LogP contribution is 2.36. The summed E-state index contributed by atoms with van der Waals surface area (Å²) in [6.07, 6.45) is 10.3. The molecule has 1 saturated heterocycles. The van der Waals surface area contributed by atoms with Crippen molar-refractivity contribution in [2.45, 2.75) is 56.2 Å². The second-order valence-corrected chi connectivity index (χ2v) is 6.17. The Morgan fingerprint density at radius 2 is 2.14 bits per heavy atom. The Morgan fingerprint density at radius 1 is 1.29 bits per heavy atom. The fraction of sp³-hybridized carbons (Fsp3) is 1.00. The van der Waals surface area contributed by atoms with Crippen molar-refractivity contribution in [2.24, 2.45) is 5.92 Å². The Balaban J connectivity index is 1.71. The average Bonchev–Trinajstić information content (AvgIpc) is 3.04. The molecule has 14 heavy (non-hydrogen) atoms. The zero-order chi connectivity index (χ0) is 9.80. The maximum Gasteiger partial charge on any atom is 0.0201 e. The molecule has 0 radical (unpaired) electrons. The molecular formula is C12H23NS. The fourth-order valence-electron chi connectivity index (χ4n) is 2.42. The second-order valence-electron chi connectivity index (χ2n) is 4.82. The Labute approximate surface area is 92.4 Å². The first-order valence-corrected chi connectivity index (χ1v) is 7.24. The van der Waals surface area contributed by atoms with Gasteiger partial charge in [-0.05, 0) is 44.4 Å². The van der Waals surface area contributed by atoms with E-state index in [4.69, 9.17) is 0 Å². The average molecular weight is 213 g/mol. The molecule has 1 aliphatic carbocycles. The summed E-state index contributed by atoms with van der Waals surface area (Å²) in [5.41, 5.74) is 0. The van der Waals surface area contributed by atoms with Gasteiger partial charge in [0.15, 0.2) is 0 Å². The first-order valence-electron chi connectivity index (χ1n) is 6.19. The van der Waals surface area contributed by atoms with Crippen LogP contribution in [-0.4, -0.2) is 24.1 Å². The van der Waals surface area contributed by atoms with E-state index in [1.807, 2.05) is 0 Å². The van der Waals surface area contributed by atoms with Crippen LogP contribution in [0.1, 0.15) is 44.9 Å². The van der Waals surface area contributed by atoms with E-state index in [9.17, 15) is 0 Å². The number of hydrogen-bond acceptors (Lipinski definition) is 2. The zero-order valence-electron chi connectivity index (χ0n) is 9.30. The van der Waals surface area contributed by atoms with Crippen LogP contribution in [-0.2, 0) is 0 Å². The topological polar surface area (TPSA) is 12.0 Å². The van der Waals surface area contributed by atoms with Crippen molar-refractivity contribution in [3.8, 4) is 0 Å². The molecule has 1 heterocycles. The molecule has 0 bridgehead atoms. The minimum Gasteiger partial charge on any atom is -0.316 e. The SMILES string of the molecule is CNC(CCC1CC1)C1CCCCS1. The molecule has 0 aromatic carbocycles. The van der Waals surface area contributed by atoms with E-state index in [1.165, 1.54) is 50.7 Å². The van der Waals surface area contributed by atoms with Gasteiger partial charge in [0.05, 0.1) is 0 Å². The van der Waals surface area contributed by atoms with Gasteiger partial charge < -0.3 is 5.32 Å². The van der Waals surface area contributed by atoms with E-state index in [1.54, 1.807) is 0 Å². The summed E-state index contributed by atoms with van der Waals surface area (Å²) >= 11 is 2.21. The van der Waals surface area contributed by atoms with Crippen LogP contribution in [0.25, 0.3) is 0 Å². The number of nitrogens with one attached hydrogen (secondary N) is 1. The molecule has 1 saturated carbocycles. The first-order chi connectivity index (χ1) is 6.90. The minimum absolute atomic E-state index is 0.792. The third-order valence-electron chi connectivity index (χ3n) is 3.62. The van der Waals surface area contributed by atoms with E-state index in [2.05, 4.69) is 24.1 Å². The molecule has 1 nitrogen and oxygen atoms in total. The summed E-state index contributed by atoms with van der Waals surface area (Å²) in [6, 6.07) is 0.792. The molecule has 2 rings (SSSR count). The smallest absolute Gasteiger partial charge is 0.0201 e. The molecule has 0 amide bonds. The van der Waals surface area contributed by atoms with Crippen molar-refractivity contribution >= 4 is 11.8 Å². The van der Waals surface area contributed by atoms with E-state index in [-0.39, 0.29) is 0 Å². The third-order valence-corrected chi connectivity index (χ3v) is 5.13. The van der Waals surface area contributed by atoms with Crippen LogP contribution in [0, 0.1) is 5.92 Å². The summed E-state index contributed by atoms with van der Waals surface area (Å²) in [6.45, 7) is 0. The highest BCUT2D eigenvalue weighted by Gasteiger charge is 2.26. The predicted molar refractivity (Wildman–Crippen MR) is 64.9 cm³/mol. The van der Waals surface area contributed by atoms with Gasteiger partial charge in [-0.25, -0.2) is 0 Å². The van der Waals surface area contributed by atoms with Gasteiger partial charge in [-0.3, -0.25) is 0 Å².